The molecule has 0 aliphatic carbocycles. The van der Waals surface area contributed by atoms with Crippen molar-refractivity contribution in [2.24, 2.45) is 5.73 Å². The molecule has 0 bridgehead atoms. The fraction of sp³-hybridized carbons (Fsp3) is 0.333. The topological polar surface area (TPSA) is 105 Å². The Morgan fingerprint density at radius 3 is 2.45 bits per heavy atom. The van der Waals surface area contributed by atoms with Gasteiger partial charge in [0.15, 0.2) is 0 Å². The number of rotatable bonds is 5. The van der Waals surface area contributed by atoms with Crippen LogP contribution in [0, 0.1) is 0 Å². The Morgan fingerprint density at radius 1 is 1.30 bits per heavy atom. The maximum absolute atomic E-state index is 11.7. The van der Waals surface area contributed by atoms with Crippen molar-refractivity contribution in [3.05, 3.63) is 24.3 Å². The number of hydrogen-bond acceptors (Lipinski definition) is 4. The van der Waals surface area contributed by atoms with E-state index in [9.17, 15) is 9.59 Å². The second-order valence-corrected chi connectivity index (χ2v) is 3.84. The highest BCUT2D eigenvalue weighted by Crippen LogP contribution is 2.15. The minimum Gasteiger partial charge on any atom is -0.383 e. The number of carbonyl (C=O) groups is 2. The Balaban J connectivity index is 0.00000361. The lowest BCUT2D eigenvalue weighted by atomic mass is 10.2. The average molecular weight is 303 g/mol. The van der Waals surface area contributed by atoms with Gasteiger partial charge in [0.05, 0.1) is 6.61 Å². The summed E-state index contributed by atoms with van der Waals surface area (Å²) in [6.45, 7) is 0.141. The first-order valence-electron chi connectivity index (χ1n) is 5.71. The lowest BCUT2D eigenvalue weighted by molar-refractivity contribution is -0.118. The Morgan fingerprint density at radius 2 is 1.90 bits per heavy atom. The van der Waals surface area contributed by atoms with Gasteiger partial charge in [-0.1, -0.05) is 6.07 Å². The number of hydrogen-bond donors (Lipinski definition) is 4. The van der Waals surface area contributed by atoms with E-state index in [0.717, 1.165) is 0 Å². The standard InChI is InChI=1S/C12H18N4O3.ClH/c1-14-12(18)16-9-5-3-4-8(6-9)15-11(17)10(13)7-19-2;/h3-6,10H,7,13H2,1-2H3,(H,15,17)(H2,14,16,18);1H. The molecule has 0 aliphatic rings. The van der Waals surface area contributed by atoms with Crippen molar-refractivity contribution in [3.8, 4) is 0 Å². The lowest BCUT2D eigenvalue weighted by Gasteiger charge is -2.12. The number of benzene rings is 1. The summed E-state index contributed by atoms with van der Waals surface area (Å²) in [7, 11) is 2.99. The SMILES string of the molecule is CNC(=O)Nc1cccc(NC(=O)C(N)COC)c1.Cl. The normalized spacial score (nSPS) is 10.9. The van der Waals surface area contributed by atoms with Gasteiger partial charge in [0, 0.05) is 25.5 Å². The third-order valence-corrected chi connectivity index (χ3v) is 2.30. The molecule has 8 heteroatoms. The van der Waals surface area contributed by atoms with Gasteiger partial charge >= 0.3 is 6.03 Å². The maximum Gasteiger partial charge on any atom is 0.318 e. The zero-order valence-corrected chi connectivity index (χ0v) is 12.1. The van der Waals surface area contributed by atoms with E-state index in [2.05, 4.69) is 16.0 Å². The summed E-state index contributed by atoms with van der Waals surface area (Å²) in [5.41, 5.74) is 6.71. The Kier molecular flexibility index (Phi) is 8.30. The summed E-state index contributed by atoms with van der Waals surface area (Å²) in [4.78, 5) is 22.8. The van der Waals surface area contributed by atoms with E-state index in [1.807, 2.05) is 0 Å². The first kappa shape index (κ1) is 18.2. The largest absolute Gasteiger partial charge is 0.383 e. The van der Waals surface area contributed by atoms with Crippen LogP contribution in [0.3, 0.4) is 0 Å². The average Bonchev–Trinajstić information content (AvgIpc) is 2.39. The molecule has 0 aromatic heterocycles. The molecule has 1 unspecified atom stereocenters. The molecule has 0 aliphatic heterocycles. The highest BCUT2D eigenvalue weighted by Gasteiger charge is 2.13. The molecule has 0 saturated carbocycles. The van der Waals surface area contributed by atoms with E-state index in [1.54, 1.807) is 24.3 Å². The lowest BCUT2D eigenvalue weighted by Crippen LogP contribution is -2.39. The summed E-state index contributed by atoms with van der Waals surface area (Å²) < 4.78 is 4.80. The van der Waals surface area contributed by atoms with Gasteiger partial charge in [-0.3, -0.25) is 4.79 Å². The van der Waals surface area contributed by atoms with Crippen LogP contribution in [-0.4, -0.2) is 38.7 Å². The molecule has 0 heterocycles. The highest BCUT2D eigenvalue weighted by molar-refractivity contribution is 5.96. The number of halogens is 1. The molecule has 5 N–H and O–H groups in total. The van der Waals surface area contributed by atoms with Gasteiger partial charge in [-0.2, -0.15) is 0 Å². The first-order valence-corrected chi connectivity index (χ1v) is 5.71. The molecule has 7 nitrogen and oxygen atoms in total. The van der Waals surface area contributed by atoms with Gasteiger partial charge in [-0.05, 0) is 18.2 Å². The number of nitrogens with one attached hydrogen (secondary N) is 3. The number of urea groups is 1. The molecule has 1 rings (SSSR count). The minimum atomic E-state index is -0.736. The van der Waals surface area contributed by atoms with Crippen LogP contribution in [0.1, 0.15) is 0 Å². The van der Waals surface area contributed by atoms with Crippen LogP contribution in [0.5, 0.6) is 0 Å². The third kappa shape index (κ3) is 5.87. The molecule has 20 heavy (non-hydrogen) atoms. The summed E-state index contributed by atoms with van der Waals surface area (Å²) in [5, 5.41) is 7.68. The molecule has 0 fully saturated rings. The quantitative estimate of drug-likeness (QED) is 0.644. The minimum absolute atomic E-state index is 0. The molecule has 0 saturated heterocycles. The van der Waals surface area contributed by atoms with Crippen LogP contribution >= 0.6 is 12.4 Å². The van der Waals surface area contributed by atoms with Crippen molar-refractivity contribution in [1.82, 2.24) is 5.32 Å². The summed E-state index contributed by atoms with van der Waals surface area (Å²) in [6, 6.07) is 5.68. The van der Waals surface area contributed by atoms with Gasteiger partial charge in [-0.25, -0.2) is 4.79 Å². The molecule has 1 atom stereocenters. The second-order valence-electron chi connectivity index (χ2n) is 3.84. The fourth-order valence-electron chi connectivity index (χ4n) is 1.36. The molecular weight excluding hydrogens is 284 g/mol. The number of amides is 3. The predicted molar refractivity (Wildman–Crippen MR) is 80.2 cm³/mol. The maximum atomic E-state index is 11.7. The summed E-state index contributed by atoms with van der Waals surface area (Å²) >= 11 is 0. The Labute approximate surface area is 123 Å². The molecule has 3 amide bonds. The van der Waals surface area contributed by atoms with Gasteiger partial charge < -0.3 is 26.4 Å². The summed E-state index contributed by atoms with van der Waals surface area (Å²) in [6.07, 6.45) is 0. The molecule has 0 spiro atoms. The van der Waals surface area contributed by atoms with Crippen LogP contribution in [0.15, 0.2) is 24.3 Å². The number of nitrogens with two attached hydrogens (primary N) is 1. The molecule has 1 aromatic rings. The van der Waals surface area contributed by atoms with Crippen molar-refractivity contribution in [2.45, 2.75) is 6.04 Å². The fourth-order valence-corrected chi connectivity index (χ4v) is 1.36. The zero-order chi connectivity index (χ0) is 14.3. The molecular formula is C12H19ClN4O3. The van der Waals surface area contributed by atoms with Crippen LogP contribution in [0.25, 0.3) is 0 Å². The molecule has 112 valence electrons. The van der Waals surface area contributed by atoms with Gasteiger partial charge in [0.2, 0.25) is 5.91 Å². The van der Waals surface area contributed by atoms with Crippen molar-refractivity contribution in [3.63, 3.8) is 0 Å². The van der Waals surface area contributed by atoms with E-state index in [-0.39, 0.29) is 31.0 Å². The number of anilines is 2. The van der Waals surface area contributed by atoms with Gasteiger partial charge in [0.25, 0.3) is 0 Å². The van der Waals surface area contributed by atoms with Crippen LogP contribution in [0.2, 0.25) is 0 Å². The third-order valence-electron chi connectivity index (χ3n) is 2.30. The van der Waals surface area contributed by atoms with E-state index in [4.69, 9.17) is 10.5 Å². The number of ether oxygens (including phenoxy) is 1. The summed E-state index contributed by atoms with van der Waals surface area (Å²) in [5.74, 6) is -0.348. The zero-order valence-electron chi connectivity index (χ0n) is 11.3. The van der Waals surface area contributed by atoms with Crippen LogP contribution in [-0.2, 0) is 9.53 Å². The van der Waals surface area contributed by atoms with Crippen LogP contribution in [0.4, 0.5) is 16.2 Å². The van der Waals surface area contributed by atoms with Crippen molar-refractivity contribution < 1.29 is 14.3 Å². The van der Waals surface area contributed by atoms with Gasteiger partial charge in [-0.15, -0.1) is 12.4 Å². The van der Waals surface area contributed by atoms with Crippen molar-refractivity contribution in [2.75, 3.05) is 31.4 Å². The highest BCUT2D eigenvalue weighted by atomic mass is 35.5. The number of carbonyl (C=O) groups excluding carboxylic acids is 2. The Hall–Kier alpha value is -1.83. The van der Waals surface area contributed by atoms with Crippen LogP contribution < -0.4 is 21.7 Å². The second kappa shape index (κ2) is 9.13. The molecule has 1 aromatic carbocycles. The van der Waals surface area contributed by atoms with E-state index in [0.29, 0.717) is 11.4 Å². The van der Waals surface area contributed by atoms with Crippen molar-refractivity contribution in [1.29, 1.82) is 0 Å². The predicted octanol–water partition coefficient (Wildman–Crippen LogP) is 0.772. The smallest absolute Gasteiger partial charge is 0.318 e. The Bertz CT molecular complexity index is 456. The van der Waals surface area contributed by atoms with E-state index in [1.165, 1.54) is 14.2 Å². The van der Waals surface area contributed by atoms with E-state index < -0.39 is 6.04 Å². The van der Waals surface area contributed by atoms with Crippen molar-refractivity contribution >= 4 is 35.7 Å². The first-order chi connectivity index (χ1) is 9.06. The molecule has 0 radical (unpaired) electrons. The van der Waals surface area contributed by atoms with E-state index >= 15 is 0 Å². The number of methoxy groups -OCH3 is 1. The monoisotopic (exact) mass is 302 g/mol. The van der Waals surface area contributed by atoms with Gasteiger partial charge in [0.1, 0.15) is 6.04 Å².